The van der Waals surface area contributed by atoms with Crippen molar-refractivity contribution in [1.82, 2.24) is 19.6 Å². The molecule has 3 amide bonds. The average molecular weight is 452 g/mol. The molecule has 2 N–H and O–H groups in total. The Morgan fingerprint density at radius 1 is 1.36 bits per heavy atom. The quantitative estimate of drug-likeness (QED) is 0.651. The number of urea groups is 1. The van der Waals surface area contributed by atoms with Gasteiger partial charge in [0.15, 0.2) is 0 Å². The Hall–Kier alpha value is -3.45. The SMILES string of the molecule is [C-]#[N+]c1cc(NC(=O)N2Cc3c(nn4c3C(=O)N(C)CC3(CC(O)C3)C4)CC2C)ccc1F. The fourth-order valence-electron chi connectivity index (χ4n) is 5.41. The van der Waals surface area contributed by atoms with Gasteiger partial charge in [-0.25, -0.2) is 14.0 Å². The Bertz CT molecular complexity index is 1200. The minimum Gasteiger partial charge on any atom is -0.393 e. The third-order valence-corrected chi connectivity index (χ3v) is 7.01. The van der Waals surface area contributed by atoms with Crippen molar-refractivity contribution in [2.24, 2.45) is 5.41 Å². The number of anilines is 1. The van der Waals surface area contributed by atoms with Gasteiger partial charge in [0.25, 0.3) is 5.91 Å². The van der Waals surface area contributed by atoms with Crippen LogP contribution >= 0.6 is 0 Å². The van der Waals surface area contributed by atoms with Crippen LogP contribution in [0.15, 0.2) is 18.2 Å². The van der Waals surface area contributed by atoms with Crippen LogP contribution in [0.4, 0.5) is 20.6 Å². The van der Waals surface area contributed by atoms with E-state index in [9.17, 15) is 19.1 Å². The van der Waals surface area contributed by atoms with Crippen LogP contribution in [0.25, 0.3) is 4.85 Å². The zero-order valence-corrected chi connectivity index (χ0v) is 18.5. The number of hydrogen-bond donors (Lipinski definition) is 2. The van der Waals surface area contributed by atoms with Gasteiger partial charge in [0.2, 0.25) is 5.69 Å². The predicted octanol–water partition coefficient (Wildman–Crippen LogP) is 2.78. The maximum Gasteiger partial charge on any atom is 0.322 e. The summed E-state index contributed by atoms with van der Waals surface area (Å²) in [6, 6.07) is 3.32. The van der Waals surface area contributed by atoms with E-state index in [4.69, 9.17) is 11.7 Å². The zero-order valence-electron chi connectivity index (χ0n) is 18.5. The van der Waals surface area contributed by atoms with Crippen molar-refractivity contribution in [3.05, 3.63) is 52.4 Å². The van der Waals surface area contributed by atoms with E-state index in [0.29, 0.717) is 43.7 Å². The number of amides is 3. The van der Waals surface area contributed by atoms with E-state index in [2.05, 4.69) is 10.2 Å². The molecule has 0 radical (unpaired) electrons. The highest BCUT2D eigenvalue weighted by atomic mass is 19.1. The molecule has 2 aliphatic heterocycles. The lowest BCUT2D eigenvalue weighted by Crippen LogP contribution is -2.49. The molecule has 10 heteroatoms. The number of rotatable bonds is 1. The number of carbonyl (C=O) groups excluding carboxylic acids is 2. The number of aliphatic hydroxyl groups excluding tert-OH is 1. The Kier molecular flexibility index (Phi) is 4.90. The molecule has 0 bridgehead atoms. The molecule has 33 heavy (non-hydrogen) atoms. The van der Waals surface area contributed by atoms with E-state index < -0.39 is 5.82 Å². The molecule has 1 fully saturated rings. The second-order valence-electron chi connectivity index (χ2n) is 9.54. The molecule has 1 saturated carbocycles. The van der Waals surface area contributed by atoms with Crippen LogP contribution in [-0.4, -0.2) is 62.4 Å². The Morgan fingerprint density at radius 2 is 2.12 bits per heavy atom. The summed E-state index contributed by atoms with van der Waals surface area (Å²) in [5, 5.41) is 17.4. The number of fused-ring (bicyclic) bond motifs is 3. The molecule has 1 unspecified atom stereocenters. The number of benzene rings is 1. The van der Waals surface area contributed by atoms with Crippen LogP contribution < -0.4 is 5.32 Å². The number of aliphatic hydroxyl groups is 1. The summed E-state index contributed by atoms with van der Waals surface area (Å²) in [5.74, 6) is -0.766. The van der Waals surface area contributed by atoms with Gasteiger partial charge in [-0.3, -0.25) is 9.48 Å². The van der Waals surface area contributed by atoms with Gasteiger partial charge in [0, 0.05) is 49.3 Å². The lowest BCUT2D eigenvalue weighted by molar-refractivity contribution is -0.0530. The second kappa shape index (κ2) is 7.56. The number of aromatic nitrogens is 2. The van der Waals surface area contributed by atoms with Crippen molar-refractivity contribution in [2.45, 2.75) is 51.4 Å². The zero-order chi connectivity index (χ0) is 23.5. The molecule has 1 aromatic carbocycles. The minimum absolute atomic E-state index is 0.128. The van der Waals surface area contributed by atoms with Crippen molar-refractivity contribution >= 4 is 23.3 Å². The maximum absolute atomic E-state index is 13.6. The number of carbonyl (C=O) groups is 2. The first kappa shape index (κ1) is 21.4. The van der Waals surface area contributed by atoms with Gasteiger partial charge in [-0.2, -0.15) is 5.10 Å². The number of nitrogens with one attached hydrogen (secondary N) is 1. The van der Waals surface area contributed by atoms with Crippen LogP contribution in [0.3, 0.4) is 0 Å². The first-order valence-corrected chi connectivity index (χ1v) is 11.0. The van der Waals surface area contributed by atoms with Gasteiger partial charge in [0.05, 0.1) is 24.9 Å². The molecule has 1 atom stereocenters. The summed E-state index contributed by atoms with van der Waals surface area (Å²) in [7, 11) is 1.77. The first-order chi connectivity index (χ1) is 15.7. The van der Waals surface area contributed by atoms with E-state index in [1.807, 2.05) is 6.92 Å². The lowest BCUT2D eigenvalue weighted by atomic mass is 9.66. The van der Waals surface area contributed by atoms with Crippen molar-refractivity contribution in [1.29, 1.82) is 0 Å². The molecule has 3 aliphatic rings. The third-order valence-electron chi connectivity index (χ3n) is 7.01. The van der Waals surface area contributed by atoms with E-state index in [0.717, 1.165) is 17.3 Å². The highest BCUT2D eigenvalue weighted by molar-refractivity contribution is 5.95. The maximum atomic E-state index is 13.6. The smallest absolute Gasteiger partial charge is 0.322 e. The van der Waals surface area contributed by atoms with Crippen molar-refractivity contribution in [2.75, 3.05) is 18.9 Å². The Balaban J connectivity index is 1.42. The highest BCUT2D eigenvalue weighted by Crippen LogP contribution is 2.45. The standard InChI is InChI=1S/C23H25FN6O3/c1-13-6-18-16(10-29(13)22(33)26-14-4-5-17(24)19(7-14)25-2)20-21(32)28(3)11-23(8-15(31)9-23)12-30(20)27-18/h4-5,7,13,15,31H,6,8-12H2,1,3H3,(H,26,33). The van der Waals surface area contributed by atoms with E-state index in [-0.39, 0.29) is 41.7 Å². The molecule has 172 valence electrons. The molecular weight excluding hydrogens is 427 g/mol. The van der Waals surface area contributed by atoms with Gasteiger partial charge in [0.1, 0.15) is 11.5 Å². The summed E-state index contributed by atoms with van der Waals surface area (Å²) >= 11 is 0. The van der Waals surface area contributed by atoms with Crippen LogP contribution in [-0.2, 0) is 19.5 Å². The molecule has 3 heterocycles. The van der Waals surface area contributed by atoms with Gasteiger partial charge in [-0.1, -0.05) is 0 Å². The van der Waals surface area contributed by atoms with Gasteiger partial charge in [-0.15, -0.1) is 0 Å². The molecule has 2 aromatic rings. The summed E-state index contributed by atoms with van der Waals surface area (Å²) in [5.41, 5.74) is 2.07. The molecular formula is C23H25FN6O3. The van der Waals surface area contributed by atoms with Crippen LogP contribution in [0, 0.1) is 17.8 Å². The van der Waals surface area contributed by atoms with Crippen LogP contribution in [0.5, 0.6) is 0 Å². The summed E-state index contributed by atoms with van der Waals surface area (Å²) in [4.78, 5) is 32.8. The molecule has 5 rings (SSSR count). The monoisotopic (exact) mass is 452 g/mol. The van der Waals surface area contributed by atoms with Crippen LogP contribution in [0.2, 0.25) is 0 Å². The third kappa shape index (κ3) is 3.53. The summed E-state index contributed by atoms with van der Waals surface area (Å²) < 4.78 is 15.4. The summed E-state index contributed by atoms with van der Waals surface area (Å²) in [6.45, 7) is 10.3. The lowest BCUT2D eigenvalue weighted by Gasteiger charge is -2.45. The molecule has 1 spiro atoms. The number of hydrogen-bond acceptors (Lipinski definition) is 4. The van der Waals surface area contributed by atoms with Gasteiger partial charge >= 0.3 is 6.03 Å². The van der Waals surface area contributed by atoms with E-state index >= 15 is 0 Å². The average Bonchev–Trinajstić information content (AvgIpc) is 3.03. The Morgan fingerprint density at radius 3 is 2.82 bits per heavy atom. The van der Waals surface area contributed by atoms with E-state index in [1.165, 1.54) is 12.1 Å². The number of halogens is 1. The summed E-state index contributed by atoms with van der Waals surface area (Å²) in [6.07, 6.45) is 1.45. The highest BCUT2D eigenvalue weighted by Gasteiger charge is 2.49. The van der Waals surface area contributed by atoms with Crippen molar-refractivity contribution in [3.63, 3.8) is 0 Å². The topological polar surface area (TPSA) is 95.1 Å². The minimum atomic E-state index is -0.638. The molecule has 1 aliphatic carbocycles. The van der Waals surface area contributed by atoms with E-state index in [1.54, 1.807) is 21.5 Å². The number of nitrogens with zero attached hydrogens (tertiary/aromatic N) is 5. The molecule has 9 nitrogen and oxygen atoms in total. The largest absolute Gasteiger partial charge is 0.393 e. The van der Waals surface area contributed by atoms with Crippen molar-refractivity contribution in [3.8, 4) is 0 Å². The van der Waals surface area contributed by atoms with Crippen molar-refractivity contribution < 1.29 is 19.1 Å². The molecule has 0 saturated heterocycles. The fraction of sp³-hybridized carbons (Fsp3) is 0.478. The molecule has 1 aromatic heterocycles. The van der Waals surface area contributed by atoms with Gasteiger partial charge < -0.3 is 20.2 Å². The van der Waals surface area contributed by atoms with Gasteiger partial charge in [-0.05, 0) is 38.0 Å². The normalized spacial score (nSPS) is 26.2. The second-order valence-corrected chi connectivity index (χ2v) is 9.54. The fourth-order valence-corrected chi connectivity index (χ4v) is 5.41. The Labute approximate surface area is 190 Å². The first-order valence-electron chi connectivity index (χ1n) is 11.0. The van der Waals surface area contributed by atoms with Crippen LogP contribution in [0.1, 0.15) is 41.5 Å². The predicted molar refractivity (Wildman–Crippen MR) is 117 cm³/mol.